The first-order valence-corrected chi connectivity index (χ1v) is 12.1. The topological polar surface area (TPSA) is 88.5 Å². The molecule has 8 nitrogen and oxygen atoms in total. The summed E-state index contributed by atoms with van der Waals surface area (Å²) in [7, 11) is 5.07. The number of carboxylic acid groups (broad SMARTS) is 1. The molecule has 2 heterocycles. The number of carbonyl (C=O) groups excluding carboxylic acids is 1. The minimum absolute atomic E-state index is 0.251. The molecule has 1 N–H and O–H groups in total. The molecule has 1 unspecified atom stereocenters. The fourth-order valence-corrected chi connectivity index (χ4v) is 5.00. The van der Waals surface area contributed by atoms with E-state index in [-0.39, 0.29) is 11.4 Å². The molecule has 0 radical (unpaired) electrons. The SMILES string of the molecule is COCCN1CCCC12CCCN(C(=O)CCc1ccc(OC)cc1OC)CC2.O=C(O)C(F)(F)F. The van der Waals surface area contributed by atoms with Crippen LogP contribution in [0.4, 0.5) is 13.2 Å². The predicted octanol–water partition coefficient (Wildman–Crippen LogP) is 3.76. The second kappa shape index (κ2) is 13.7. The number of hydrogen-bond acceptors (Lipinski definition) is 6. The molecule has 36 heavy (non-hydrogen) atoms. The highest BCUT2D eigenvalue weighted by Crippen LogP contribution is 2.38. The Morgan fingerprint density at radius 3 is 2.28 bits per heavy atom. The van der Waals surface area contributed by atoms with E-state index in [0.717, 1.165) is 62.7 Å². The van der Waals surface area contributed by atoms with Crippen LogP contribution < -0.4 is 9.47 Å². The normalized spacial score (nSPS) is 20.4. The smallest absolute Gasteiger partial charge is 0.490 e. The number of alkyl halides is 3. The predicted molar refractivity (Wildman–Crippen MR) is 127 cm³/mol. The molecule has 11 heteroatoms. The molecule has 1 spiro atoms. The molecule has 1 atom stereocenters. The van der Waals surface area contributed by atoms with Gasteiger partial charge in [0.2, 0.25) is 5.91 Å². The van der Waals surface area contributed by atoms with Crippen molar-refractivity contribution >= 4 is 11.9 Å². The van der Waals surface area contributed by atoms with E-state index in [2.05, 4.69) is 9.80 Å². The lowest BCUT2D eigenvalue weighted by molar-refractivity contribution is -0.192. The third-order valence-electron chi connectivity index (χ3n) is 6.92. The molecular formula is C25H37F3N2O6. The lowest BCUT2D eigenvalue weighted by atomic mass is 9.88. The van der Waals surface area contributed by atoms with Gasteiger partial charge in [-0.3, -0.25) is 9.69 Å². The lowest BCUT2D eigenvalue weighted by Crippen LogP contribution is -2.46. The van der Waals surface area contributed by atoms with Gasteiger partial charge in [-0.05, 0) is 56.7 Å². The summed E-state index contributed by atoms with van der Waals surface area (Å²) in [6.07, 6.45) is 1.98. The molecule has 1 aromatic rings. The number of benzene rings is 1. The average molecular weight is 519 g/mol. The quantitative estimate of drug-likeness (QED) is 0.561. The lowest BCUT2D eigenvalue weighted by Gasteiger charge is -2.38. The number of ether oxygens (including phenoxy) is 3. The van der Waals surface area contributed by atoms with Crippen LogP contribution in [-0.4, -0.2) is 92.6 Å². The number of likely N-dealkylation sites (tertiary alicyclic amines) is 2. The molecule has 1 aromatic carbocycles. The number of nitrogens with zero attached hydrogens (tertiary/aromatic N) is 2. The summed E-state index contributed by atoms with van der Waals surface area (Å²) >= 11 is 0. The highest BCUT2D eigenvalue weighted by molar-refractivity contribution is 5.76. The first kappa shape index (κ1) is 29.7. The van der Waals surface area contributed by atoms with E-state index in [1.165, 1.54) is 19.3 Å². The summed E-state index contributed by atoms with van der Waals surface area (Å²) in [5, 5.41) is 7.12. The van der Waals surface area contributed by atoms with Crippen molar-refractivity contribution in [3.63, 3.8) is 0 Å². The first-order chi connectivity index (χ1) is 17.1. The Labute approximate surface area is 210 Å². The largest absolute Gasteiger partial charge is 0.497 e. The van der Waals surface area contributed by atoms with E-state index in [1.807, 2.05) is 18.2 Å². The van der Waals surface area contributed by atoms with E-state index in [9.17, 15) is 18.0 Å². The van der Waals surface area contributed by atoms with Crippen molar-refractivity contribution in [2.24, 2.45) is 0 Å². The standard InChI is InChI=1S/C23H36N2O4.C2HF3O2/c1-27-17-16-25-14-5-11-23(25)10-4-13-24(15-12-23)22(26)9-7-19-6-8-20(28-2)18-21(19)29-3;3-2(4,5)1(6)7/h6,8,18H,4-5,7,9-17H2,1-3H3;(H,6,7). The summed E-state index contributed by atoms with van der Waals surface area (Å²) in [5.41, 5.74) is 1.32. The number of methoxy groups -OCH3 is 3. The zero-order chi connectivity index (χ0) is 26.8. The van der Waals surface area contributed by atoms with Crippen LogP contribution in [0, 0.1) is 0 Å². The van der Waals surface area contributed by atoms with E-state index in [1.54, 1.807) is 21.3 Å². The van der Waals surface area contributed by atoms with Gasteiger partial charge < -0.3 is 24.2 Å². The van der Waals surface area contributed by atoms with Crippen molar-refractivity contribution in [2.45, 2.75) is 56.7 Å². The highest BCUT2D eigenvalue weighted by atomic mass is 19.4. The van der Waals surface area contributed by atoms with E-state index < -0.39 is 12.1 Å². The van der Waals surface area contributed by atoms with Crippen molar-refractivity contribution < 1.29 is 42.1 Å². The fraction of sp³-hybridized carbons (Fsp3) is 0.680. The van der Waals surface area contributed by atoms with Crippen molar-refractivity contribution in [3.05, 3.63) is 23.8 Å². The maximum absolute atomic E-state index is 12.9. The third kappa shape index (κ3) is 8.26. The number of aryl methyl sites for hydroxylation is 1. The third-order valence-corrected chi connectivity index (χ3v) is 6.92. The Kier molecular flexibility index (Phi) is 11.3. The number of carbonyl (C=O) groups is 2. The van der Waals surface area contributed by atoms with Crippen molar-refractivity contribution in [1.82, 2.24) is 9.80 Å². The molecule has 0 aliphatic carbocycles. The van der Waals surface area contributed by atoms with Gasteiger partial charge in [0, 0.05) is 44.8 Å². The van der Waals surface area contributed by atoms with E-state index in [4.69, 9.17) is 24.1 Å². The molecule has 2 aliphatic rings. The summed E-state index contributed by atoms with van der Waals surface area (Å²) in [4.78, 5) is 26.5. The Morgan fingerprint density at radius 1 is 1.03 bits per heavy atom. The Morgan fingerprint density at radius 2 is 1.69 bits per heavy atom. The van der Waals surface area contributed by atoms with Crippen molar-refractivity contribution in [3.8, 4) is 11.5 Å². The van der Waals surface area contributed by atoms with Gasteiger partial charge in [-0.2, -0.15) is 13.2 Å². The molecule has 0 bridgehead atoms. The molecule has 2 aliphatic heterocycles. The minimum Gasteiger partial charge on any atom is -0.497 e. The maximum atomic E-state index is 12.9. The van der Waals surface area contributed by atoms with Crippen molar-refractivity contribution in [1.29, 1.82) is 0 Å². The molecule has 2 saturated heterocycles. The zero-order valence-electron chi connectivity index (χ0n) is 21.2. The molecule has 0 aromatic heterocycles. The average Bonchev–Trinajstić information content (AvgIpc) is 3.11. The van der Waals surface area contributed by atoms with Gasteiger partial charge in [-0.25, -0.2) is 4.79 Å². The zero-order valence-corrected chi connectivity index (χ0v) is 21.2. The highest BCUT2D eigenvalue weighted by Gasteiger charge is 2.41. The Hall–Kier alpha value is -2.53. The summed E-state index contributed by atoms with van der Waals surface area (Å²) < 4.78 is 47.8. The number of rotatable bonds is 8. The van der Waals surface area contributed by atoms with Crippen LogP contribution in [0.15, 0.2) is 18.2 Å². The second-order valence-electron chi connectivity index (χ2n) is 9.02. The monoisotopic (exact) mass is 518 g/mol. The number of halogens is 3. The van der Waals surface area contributed by atoms with Crippen LogP contribution in [0.1, 0.15) is 44.1 Å². The molecular weight excluding hydrogens is 481 g/mol. The van der Waals surface area contributed by atoms with Crippen LogP contribution in [-0.2, 0) is 20.7 Å². The first-order valence-electron chi connectivity index (χ1n) is 12.1. The molecule has 0 saturated carbocycles. The van der Waals surface area contributed by atoms with E-state index in [0.29, 0.717) is 12.8 Å². The number of carboxylic acids is 1. The number of hydrogen-bond donors (Lipinski definition) is 1. The molecule has 2 fully saturated rings. The van der Waals surface area contributed by atoms with Gasteiger partial charge in [-0.15, -0.1) is 0 Å². The van der Waals surface area contributed by atoms with Gasteiger partial charge in [0.05, 0.1) is 20.8 Å². The summed E-state index contributed by atoms with van der Waals surface area (Å²) in [5.74, 6) is -0.954. The minimum atomic E-state index is -5.08. The van der Waals surface area contributed by atoms with Crippen molar-refractivity contribution in [2.75, 3.05) is 54.1 Å². The summed E-state index contributed by atoms with van der Waals surface area (Å²) in [6, 6.07) is 5.80. The summed E-state index contributed by atoms with van der Waals surface area (Å²) in [6.45, 7) is 4.69. The van der Waals surface area contributed by atoms with Crippen LogP contribution in [0.3, 0.4) is 0 Å². The Balaban J connectivity index is 0.000000572. The van der Waals surface area contributed by atoms with E-state index >= 15 is 0 Å². The number of aliphatic carboxylic acids is 1. The maximum Gasteiger partial charge on any atom is 0.490 e. The molecule has 3 rings (SSSR count). The van der Waals surface area contributed by atoms with Crippen LogP contribution in [0.5, 0.6) is 11.5 Å². The fourth-order valence-electron chi connectivity index (χ4n) is 5.00. The van der Waals surface area contributed by atoms with Gasteiger partial charge >= 0.3 is 12.1 Å². The second-order valence-corrected chi connectivity index (χ2v) is 9.02. The van der Waals surface area contributed by atoms with Gasteiger partial charge in [-0.1, -0.05) is 6.07 Å². The van der Waals surface area contributed by atoms with Gasteiger partial charge in [0.25, 0.3) is 0 Å². The van der Waals surface area contributed by atoms with Gasteiger partial charge in [0.1, 0.15) is 11.5 Å². The molecule has 204 valence electrons. The molecule has 1 amide bonds. The van der Waals surface area contributed by atoms with Gasteiger partial charge in [0.15, 0.2) is 0 Å². The van der Waals surface area contributed by atoms with Crippen LogP contribution >= 0.6 is 0 Å². The van der Waals surface area contributed by atoms with Crippen LogP contribution in [0.2, 0.25) is 0 Å². The van der Waals surface area contributed by atoms with Crippen LogP contribution in [0.25, 0.3) is 0 Å². The Bertz CT molecular complexity index is 867. The number of amides is 1.